The number of nitriles is 1. The van der Waals surface area contributed by atoms with Gasteiger partial charge in [-0.3, -0.25) is 9.59 Å². The van der Waals surface area contributed by atoms with Crippen molar-refractivity contribution in [1.82, 2.24) is 4.90 Å². The summed E-state index contributed by atoms with van der Waals surface area (Å²) in [4.78, 5) is 26.4. The highest BCUT2D eigenvalue weighted by atomic mass is 32.2. The van der Waals surface area contributed by atoms with E-state index in [2.05, 4.69) is 5.32 Å². The Morgan fingerprint density at radius 2 is 2.25 bits per heavy atom. The van der Waals surface area contributed by atoms with Gasteiger partial charge in [-0.25, -0.2) is 0 Å². The summed E-state index contributed by atoms with van der Waals surface area (Å²) in [6, 6.07) is 9.54. The molecule has 1 heterocycles. The van der Waals surface area contributed by atoms with Crippen molar-refractivity contribution in [3.63, 3.8) is 0 Å². The number of thioether (sulfide) groups is 1. The summed E-state index contributed by atoms with van der Waals surface area (Å²) in [5.74, 6) is -0.261. The summed E-state index contributed by atoms with van der Waals surface area (Å²) in [7, 11) is 1.65. The molecule has 1 aromatic rings. The van der Waals surface area contributed by atoms with Crippen LogP contribution in [0.3, 0.4) is 0 Å². The Kier molecular flexibility index (Phi) is 4.64. The number of hydrogen-bond acceptors (Lipinski definition) is 4. The molecule has 1 N–H and O–H groups in total. The van der Waals surface area contributed by atoms with Gasteiger partial charge in [0, 0.05) is 24.9 Å². The first-order valence-electron chi connectivity index (χ1n) is 6.29. The highest BCUT2D eigenvalue weighted by molar-refractivity contribution is 8.01. The minimum absolute atomic E-state index is 0.118. The Bertz CT molecular complexity index is 568. The van der Waals surface area contributed by atoms with Crippen molar-refractivity contribution in [2.45, 2.75) is 23.0 Å². The molecule has 0 spiro atoms. The fraction of sp³-hybridized carbons (Fsp3) is 0.357. The first-order valence-corrected chi connectivity index (χ1v) is 7.17. The number of hydrogen-bond donors (Lipinski definition) is 1. The van der Waals surface area contributed by atoms with Crippen molar-refractivity contribution in [2.75, 3.05) is 18.9 Å². The Balaban J connectivity index is 1.99. The number of carbonyl (C=O) groups is 2. The average molecular weight is 289 g/mol. The lowest BCUT2D eigenvalue weighted by atomic mass is 10.2. The lowest BCUT2D eigenvalue weighted by Gasteiger charge is -2.25. The van der Waals surface area contributed by atoms with Crippen LogP contribution in [0.2, 0.25) is 0 Å². The van der Waals surface area contributed by atoms with Crippen LogP contribution in [0.15, 0.2) is 29.2 Å². The van der Waals surface area contributed by atoms with E-state index in [4.69, 9.17) is 5.26 Å². The van der Waals surface area contributed by atoms with E-state index in [0.717, 1.165) is 10.6 Å². The van der Waals surface area contributed by atoms with Gasteiger partial charge < -0.3 is 10.2 Å². The predicted octanol–water partition coefficient (Wildman–Crippen LogP) is 1.86. The molecule has 1 unspecified atom stereocenters. The highest BCUT2D eigenvalue weighted by Crippen LogP contribution is 2.36. The largest absolute Gasteiger partial charge is 0.345 e. The summed E-state index contributed by atoms with van der Waals surface area (Å²) in [5.41, 5.74) is 0.795. The molecule has 0 aromatic heterocycles. The van der Waals surface area contributed by atoms with Crippen LogP contribution >= 0.6 is 11.8 Å². The molecule has 2 rings (SSSR count). The number of benzene rings is 1. The van der Waals surface area contributed by atoms with Crippen LogP contribution in [0.1, 0.15) is 12.8 Å². The van der Waals surface area contributed by atoms with Crippen molar-refractivity contribution < 1.29 is 9.59 Å². The summed E-state index contributed by atoms with van der Waals surface area (Å²) in [6.45, 7) is 0.394. The molecule has 0 radical (unpaired) electrons. The molecule has 0 saturated heterocycles. The van der Waals surface area contributed by atoms with E-state index in [1.165, 1.54) is 16.7 Å². The van der Waals surface area contributed by atoms with Crippen LogP contribution in [0.25, 0.3) is 0 Å². The topological polar surface area (TPSA) is 73.2 Å². The first kappa shape index (κ1) is 14.4. The van der Waals surface area contributed by atoms with Gasteiger partial charge in [-0.15, -0.1) is 11.8 Å². The molecule has 20 heavy (non-hydrogen) atoms. The second-order valence-corrected chi connectivity index (χ2v) is 5.76. The molecular weight excluding hydrogens is 274 g/mol. The van der Waals surface area contributed by atoms with Gasteiger partial charge in [0.25, 0.3) is 0 Å². The second-order valence-electron chi connectivity index (χ2n) is 4.52. The maximum atomic E-state index is 12.0. The molecule has 0 fully saturated rings. The zero-order valence-electron chi connectivity index (χ0n) is 11.1. The SMILES string of the molecule is CN(CCC#N)C(=O)CC1Sc2ccccc2NC1=O. The average Bonchev–Trinajstić information content (AvgIpc) is 2.45. The predicted molar refractivity (Wildman–Crippen MR) is 77.2 cm³/mol. The number of carbonyl (C=O) groups excluding carboxylic acids is 2. The Labute approximate surface area is 121 Å². The summed E-state index contributed by atoms with van der Waals surface area (Å²) >= 11 is 1.41. The van der Waals surface area contributed by atoms with E-state index in [1.807, 2.05) is 30.3 Å². The van der Waals surface area contributed by atoms with Gasteiger partial charge >= 0.3 is 0 Å². The molecule has 0 aliphatic carbocycles. The standard InChI is InChI=1S/C14H15N3O2S/c1-17(8-4-7-15)13(18)9-12-14(19)16-10-5-2-3-6-11(10)20-12/h2-3,5-6,12H,4,8-9H2,1H3,(H,16,19). The summed E-state index contributed by atoms with van der Waals surface area (Å²) in [6.07, 6.45) is 0.446. The summed E-state index contributed by atoms with van der Waals surface area (Å²) in [5, 5.41) is 10.9. The Hall–Kier alpha value is -2.00. The van der Waals surface area contributed by atoms with Crippen molar-refractivity contribution >= 4 is 29.3 Å². The van der Waals surface area contributed by atoms with Crippen LogP contribution in [-0.2, 0) is 9.59 Å². The van der Waals surface area contributed by atoms with Crippen molar-refractivity contribution in [2.24, 2.45) is 0 Å². The van der Waals surface area contributed by atoms with E-state index in [9.17, 15) is 9.59 Å². The fourth-order valence-corrected chi connectivity index (χ4v) is 2.99. The molecule has 6 heteroatoms. The molecule has 1 aliphatic heterocycles. The van der Waals surface area contributed by atoms with Crippen LogP contribution < -0.4 is 5.32 Å². The first-order chi connectivity index (χ1) is 9.61. The Morgan fingerprint density at radius 1 is 1.50 bits per heavy atom. The number of anilines is 1. The van der Waals surface area contributed by atoms with Gasteiger partial charge in [0.2, 0.25) is 11.8 Å². The minimum atomic E-state index is -0.415. The fourth-order valence-electron chi connectivity index (χ4n) is 1.88. The molecule has 1 atom stereocenters. The van der Waals surface area contributed by atoms with Crippen LogP contribution in [0.5, 0.6) is 0 Å². The van der Waals surface area contributed by atoms with Crippen LogP contribution in [0.4, 0.5) is 5.69 Å². The van der Waals surface area contributed by atoms with Gasteiger partial charge in [0.1, 0.15) is 0 Å². The number of amides is 2. The minimum Gasteiger partial charge on any atom is -0.345 e. The molecule has 2 amide bonds. The van der Waals surface area contributed by atoms with E-state index in [0.29, 0.717) is 13.0 Å². The molecule has 5 nitrogen and oxygen atoms in total. The van der Waals surface area contributed by atoms with Gasteiger partial charge in [-0.1, -0.05) is 12.1 Å². The summed E-state index contributed by atoms with van der Waals surface area (Å²) < 4.78 is 0. The molecule has 0 bridgehead atoms. The van der Waals surface area contributed by atoms with Gasteiger partial charge in [0.05, 0.1) is 23.4 Å². The smallest absolute Gasteiger partial charge is 0.238 e. The number of para-hydroxylation sites is 1. The van der Waals surface area contributed by atoms with Crippen LogP contribution in [-0.4, -0.2) is 35.6 Å². The Morgan fingerprint density at radius 3 is 3.00 bits per heavy atom. The third-order valence-electron chi connectivity index (χ3n) is 3.05. The quantitative estimate of drug-likeness (QED) is 0.918. The van der Waals surface area contributed by atoms with Gasteiger partial charge in [0.15, 0.2) is 0 Å². The van der Waals surface area contributed by atoms with Gasteiger partial charge in [-0.05, 0) is 12.1 Å². The molecule has 1 aliphatic rings. The lowest BCUT2D eigenvalue weighted by molar-refractivity contribution is -0.131. The molecule has 1 aromatic carbocycles. The molecule has 0 saturated carbocycles. The lowest BCUT2D eigenvalue weighted by Crippen LogP contribution is -2.36. The number of fused-ring (bicyclic) bond motifs is 1. The highest BCUT2D eigenvalue weighted by Gasteiger charge is 2.29. The van der Waals surface area contributed by atoms with E-state index in [-0.39, 0.29) is 18.2 Å². The maximum Gasteiger partial charge on any atom is 0.238 e. The number of nitrogens with one attached hydrogen (secondary N) is 1. The normalized spacial score (nSPS) is 16.8. The van der Waals surface area contributed by atoms with Gasteiger partial charge in [-0.2, -0.15) is 5.26 Å². The third kappa shape index (κ3) is 3.31. The molecule has 104 valence electrons. The van der Waals surface area contributed by atoms with E-state index in [1.54, 1.807) is 7.05 Å². The van der Waals surface area contributed by atoms with E-state index >= 15 is 0 Å². The monoisotopic (exact) mass is 289 g/mol. The van der Waals surface area contributed by atoms with Crippen LogP contribution in [0, 0.1) is 11.3 Å². The van der Waals surface area contributed by atoms with Crippen molar-refractivity contribution in [3.05, 3.63) is 24.3 Å². The van der Waals surface area contributed by atoms with E-state index < -0.39 is 5.25 Å². The zero-order chi connectivity index (χ0) is 14.5. The zero-order valence-corrected chi connectivity index (χ0v) is 11.9. The number of rotatable bonds is 4. The third-order valence-corrected chi connectivity index (χ3v) is 4.33. The second kappa shape index (κ2) is 6.44. The van der Waals surface area contributed by atoms with Crippen molar-refractivity contribution in [1.29, 1.82) is 5.26 Å². The maximum absolute atomic E-state index is 12.0. The molecular formula is C14H15N3O2S. The van der Waals surface area contributed by atoms with Crippen molar-refractivity contribution in [3.8, 4) is 6.07 Å². The number of nitrogens with zero attached hydrogens (tertiary/aromatic N) is 2.